The second-order valence-corrected chi connectivity index (χ2v) is 6.79. The van der Waals surface area contributed by atoms with Crippen molar-refractivity contribution >= 4 is 21.6 Å². The van der Waals surface area contributed by atoms with E-state index in [2.05, 4.69) is 10.0 Å². The van der Waals surface area contributed by atoms with Gasteiger partial charge in [0.25, 0.3) is 0 Å². The van der Waals surface area contributed by atoms with Crippen molar-refractivity contribution in [3.05, 3.63) is 23.8 Å². The molecule has 0 aliphatic carbocycles. The molecule has 20 heavy (non-hydrogen) atoms. The van der Waals surface area contributed by atoms with E-state index in [0.29, 0.717) is 11.3 Å². The fourth-order valence-electron chi connectivity index (χ4n) is 1.76. The van der Waals surface area contributed by atoms with Gasteiger partial charge in [0.1, 0.15) is 0 Å². The van der Waals surface area contributed by atoms with Crippen molar-refractivity contribution in [1.29, 1.82) is 0 Å². The van der Waals surface area contributed by atoms with Crippen molar-refractivity contribution in [3.8, 4) is 0 Å². The van der Waals surface area contributed by atoms with E-state index in [0.717, 1.165) is 0 Å². The van der Waals surface area contributed by atoms with Gasteiger partial charge in [-0.15, -0.1) is 0 Å². The zero-order valence-corrected chi connectivity index (χ0v) is 11.7. The Balaban J connectivity index is 2.19. The van der Waals surface area contributed by atoms with E-state index < -0.39 is 22.2 Å². The Morgan fingerprint density at radius 2 is 2.15 bits per heavy atom. The lowest BCUT2D eigenvalue weighted by Gasteiger charge is -2.20. The van der Waals surface area contributed by atoms with E-state index in [9.17, 15) is 18.3 Å². The number of aliphatic hydroxyl groups is 2. The number of sulfonamides is 1. The van der Waals surface area contributed by atoms with E-state index in [4.69, 9.17) is 5.11 Å². The van der Waals surface area contributed by atoms with Crippen molar-refractivity contribution < 1.29 is 23.4 Å². The van der Waals surface area contributed by atoms with Crippen LogP contribution in [0.5, 0.6) is 0 Å². The highest BCUT2D eigenvalue weighted by Crippen LogP contribution is 2.25. The van der Waals surface area contributed by atoms with Crippen LogP contribution in [0.25, 0.3) is 0 Å². The summed E-state index contributed by atoms with van der Waals surface area (Å²) in [4.78, 5) is 11.2. The molecule has 0 bridgehead atoms. The Morgan fingerprint density at radius 3 is 2.80 bits per heavy atom. The van der Waals surface area contributed by atoms with Gasteiger partial charge < -0.3 is 15.5 Å². The maximum Gasteiger partial charge on any atom is 0.240 e. The molecule has 0 spiro atoms. The molecule has 0 saturated carbocycles. The molecule has 0 saturated heterocycles. The minimum atomic E-state index is -3.80. The molecule has 2 rings (SSSR count). The first kappa shape index (κ1) is 14.9. The maximum atomic E-state index is 12.1. The molecular formula is C12H16N2O5S. The number of carbonyl (C=O) groups excluding carboxylic acids is 1. The standard InChI is InChI=1S/C12H16N2O5S/c1-12(17,7-15)6-13-20(18,19)9-2-3-10-8(4-9)5-11(16)14-10/h2-4,13,15,17H,5-7H2,1H3,(H,14,16). The Kier molecular flexibility index (Phi) is 3.83. The molecule has 0 aromatic heterocycles. The van der Waals surface area contributed by atoms with Crippen LogP contribution in [0.3, 0.4) is 0 Å². The predicted octanol–water partition coefficient (Wildman–Crippen LogP) is -0.797. The van der Waals surface area contributed by atoms with Crippen LogP contribution in [-0.4, -0.2) is 43.3 Å². The number of benzene rings is 1. The summed E-state index contributed by atoms with van der Waals surface area (Å²) in [6.07, 6.45) is 0.146. The zero-order valence-electron chi connectivity index (χ0n) is 10.9. The zero-order chi connectivity index (χ0) is 15.0. The Morgan fingerprint density at radius 1 is 1.45 bits per heavy atom. The lowest BCUT2D eigenvalue weighted by Crippen LogP contribution is -2.43. The lowest BCUT2D eigenvalue weighted by molar-refractivity contribution is -0.115. The van der Waals surface area contributed by atoms with E-state index in [1.54, 1.807) is 0 Å². The molecule has 1 unspecified atom stereocenters. The number of carbonyl (C=O) groups is 1. The molecule has 1 aromatic carbocycles. The van der Waals surface area contributed by atoms with Gasteiger partial charge in [0, 0.05) is 12.2 Å². The molecular weight excluding hydrogens is 284 g/mol. The Hall–Kier alpha value is -1.48. The molecule has 110 valence electrons. The largest absolute Gasteiger partial charge is 0.393 e. The smallest absolute Gasteiger partial charge is 0.240 e. The van der Waals surface area contributed by atoms with Gasteiger partial charge >= 0.3 is 0 Å². The van der Waals surface area contributed by atoms with Gasteiger partial charge in [-0.3, -0.25) is 4.79 Å². The number of anilines is 1. The summed E-state index contributed by atoms with van der Waals surface area (Å²) >= 11 is 0. The first-order valence-electron chi connectivity index (χ1n) is 5.99. The molecule has 1 atom stereocenters. The molecule has 1 aromatic rings. The molecule has 4 N–H and O–H groups in total. The molecule has 1 heterocycles. The first-order valence-corrected chi connectivity index (χ1v) is 7.47. The van der Waals surface area contributed by atoms with Crippen molar-refractivity contribution in [2.75, 3.05) is 18.5 Å². The number of hydrogen-bond donors (Lipinski definition) is 4. The second-order valence-electron chi connectivity index (χ2n) is 5.02. The summed E-state index contributed by atoms with van der Waals surface area (Å²) in [6, 6.07) is 4.32. The fraction of sp³-hybridized carbons (Fsp3) is 0.417. The van der Waals surface area contributed by atoms with E-state index in [1.165, 1.54) is 25.1 Å². The van der Waals surface area contributed by atoms with Gasteiger partial charge in [-0.25, -0.2) is 13.1 Å². The summed E-state index contributed by atoms with van der Waals surface area (Å²) in [5, 5.41) is 21.1. The Labute approximate surface area is 116 Å². The maximum absolute atomic E-state index is 12.1. The van der Waals surface area contributed by atoms with Crippen molar-refractivity contribution in [3.63, 3.8) is 0 Å². The molecule has 0 fully saturated rings. The van der Waals surface area contributed by atoms with Crippen LogP contribution in [0, 0.1) is 0 Å². The van der Waals surface area contributed by atoms with Gasteiger partial charge in [-0.1, -0.05) is 0 Å². The number of fused-ring (bicyclic) bond motifs is 1. The minimum absolute atomic E-state index is 0.0153. The van der Waals surface area contributed by atoms with Crippen LogP contribution in [0.2, 0.25) is 0 Å². The number of aliphatic hydroxyl groups excluding tert-OH is 1. The summed E-state index contributed by atoms with van der Waals surface area (Å²) in [5.74, 6) is -0.175. The van der Waals surface area contributed by atoms with Gasteiger partial charge in [0.05, 0.1) is 23.5 Å². The summed E-state index contributed by atoms with van der Waals surface area (Å²) in [6.45, 7) is 0.457. The van der Waals surface area contributed by atoms with Crippen LogP contribution in [0.1, 0.15) is 12.5 Å². The van der Waals surface area contributed by atoms with Crippen LogP contribution >= 0.6 is 0 Å². The van der Waals surface area contributed by atoms with Crippen LogP contribution < -0.4 is 10.0 Å². The summed E-state index contributed by atoms with van der Waals surface area (Å²) in [7, 11) is -3.80. The third-order valence-electron chi connectivity index (χ3n) is 3.00. The van der Waals surface area contributed by atoms with E-state index in [-0.39, 0.29) is 23.8 Å². The normalized spacial score (nSPS) is 17.4. The van der Waals surface area contributed by atoms with Crippen molar-refractivity contribution in [2.45, 2.75) is 23.8 Å². The van der Waals surface area contributed by atoms with Gasteiger partial charge in [0.2, 0.25) is 15.9 Å². The van der Waals surface area contributed by atoms with Crippen molar-refractivity contribution in [1.82, 2.24) is 4.72 Å². The number of hydrogen-bond acceptors (Lipinski definition) is 5. The van der Waals surface area contributed by atoms with Crippen LogP contribution in [0.4, 0.5) is 5.69 Å². The van der Waals surface area contributed by atoms with Crippen LogP contribution in [-0.2, 0) is 21.2 Å². The molecule has 8 heteroatoms. The number of nitrogens with one attached hydrogen (secondary N) is 2. The van der Waals surface area contributed by atoms with Gasteiger partial charge in [-0.2, -0.15) is 0 Å². The molecule has 1 aliphatic rings. The molecule has 1 aliphatic heterocycles. The van der Waals surface area contributed by atoms with Gasteiger partial charge in [-0.05, 0) is 30.7 Å². The quantitative estimate of drug-likeness (QED) is 0.568. The lowest BCUT2D eigenvalue weighted by atomic mass is 10.1. The van der Waals surface area contributed by atoms with Crippen molar-refractivity contribution in [2.24, 2.45) is 0 Å². The highest BCUT2D eigenvalue weighted by atomic mass is 32.2. The second kappa shape index (κ2) is 5.13. The molecule has 7 nitrogen and oxygen atoms in total. The monoisotopic (exact) mass is 300 g/mol. The third kappa shape index (κ3) is 3.15. The average molecular weight is 300 g/mol. The fourth-order valence-corrected chi connectivity index (χ4v) is 2.97. The highest BCUT2D eigenvalue weighted by Gasteiger charge is 2.25. The number of amides is 1. The predicted molar refractivity (Wildman–Crippen MR) is 71.7 cm³/mol. The molecule has 1 amide bonds. The minimum Gasteiger partial charge on any atom is -0.393 e. The summed E-state index contributed by atoms with van der Waals surface area (Å²) in [5.41, 5.74) is -0.301. The number of rotatable bonds is 5. The van der Waals surface area contributed by atoms with E-state index in [1.807, 2.05) is 0 Å². The topological polar surface area (TPSA) is 116 Å². The molecule has 0 radical (unpaired) electrons. The average Bonchev–Trinajstić information content (AvgIpc) is 2.76. The Bertz CT molecular complexity index is 639. The summed E-state index contributed by atoms with van der Waals surface area (Å²) < 4.78 is 26.4. The third-order valence-corrected chi connectivity index (χ3v) is 4.39. The SMILES string of the molecule is CC(O)(CO)CNS(=O)(=O)c1ccc2c(c1)CC(=O)N2. The highest BCUT2D eigenvalue weighted by molar-refractivity contribution is 7.89. The van der Waals surface area contributed by atoms with E-state index >= 15 is 0 Å². The first-order chi connectivity index (χ1) is 9.23. The van der Waals surface area contributed by atoms with Gasteiger partial charge in [0.15, 0.2) is 0 Å². The van der Waals surface area contributed by atoms with Crippen LogP contribution in [0.15, 0.2) is 23.1 Å².